The molecule has 0 aliphatic carbocycles. The highest BCUT2D eigenvalue weighted by Crippen LogP contribution is 2.22. The summed E-state index contributed by atoms with van der Waals surface area (Å²) in [5, 5.41) is 5.55. The quantitative estimate of drug-likeness (QED) is 0.617. The van der Waals surface area contributed by atoms with Crippen LogP contribution >= 0.6 is 0 Å². The Balaban J connectivity index is 1.50. The Labute approximate surface area is 173 Å². The molecular weight excluding hydrogens is 382 g/mol. The van der Waals surface area contributed by atoms with Gasteiger partial charge in [0, 0.05) is 19.4 Å². The summed E-state index contributed by atoms with van der Waals surface area (Å²) in [4.78, 5) is 43.3. The molecule has 8 heteroatoms. The average Bonchev–Trinajstić information content (AvgIpc) is 3.30. The van der Waals surface area contributed by atoms with E-state index in [0.717, 1.165) is 10.5 Å². The molecule has 0 saturated carbocycles. The third-order valence-corrected chi connectivity index (χ3v) is 4.98. The fraction of sp³-hybridized carbons (Fsp3) is 0.182. The standard InChI is InChI=1S/C22H21N5O3/c1-26-13-12-23-20(26)19(15-8-4-2-5-9-15)25-18(28)14-17-21(29)27(22(30)24-17)16-10-6-3-7-11-16/h2-13,17,19H,14H2,1H3,(H,24,30)(H,25,28)/t17-,19-/m0/s1. The van der Waals surface area contributed by atoms with Gasteiger partial charge in [0.25, 0.3) is 5.91 Å². The molecule has 3 aromatic rings. The first-order valence-electron chi connectivity index (χ1n) is 9.55. The molecule has 30 heavy (non-hydrogen) atoms. The zero-order chi connectivity index (χ0) is 21.1. The average molecular weight is 403 g/mol. The first kappa shape index (κ1) is 19.4. The predicted molar refractivity (Wildman–Crippen MR) is 111 cm³/mol. The smallest absolute Gasteiger partial charge is 0.329 e. The molecule has 1 aliphatic heterocycles. The minimum atomic E-state index is -0.921. The van der Waals surface area contributed by atoms with Crippen LogP contribution in [0.2, 0.25) is 0 Å². The Kier molecular flexibility index (Phi) is 5.30. The second-order valence-electron chi connectivity index (χ2n) is 7.02. The summed E-state index contributed by atoms with van der Waals surface area (Å²) in [6.07, 6.45) is 3.30. The Hall–Kier alpha value is -3.94. The highest BCUT2D eigenvalue weighted by atomic mass is 16.2. The van der Waals surface area contributed by atoms with Crippen LogP contribution in [0.15, 0.2) is 73.1 Å². The Morgan fingerprint density at radius 1 is 1.10 bits per heavy atom. The first-order valence-corrected chi connectivity index (χ1v) is 9.55. The molecule has 0 unspecified atom stereocenters. The number of carbonyl (C=O) groups excluding carboxylic acids is 3. The number of urea groups is 1. The maximum absolute atomic E-state index is 12.8. The molecule has 4 rings (SSSR count). The Bertz CT molecular complexity index is 1060. The van der Waals surface area contributed by atoms with Gasteiger partial charge in [-0.3, -0.25) is 9.59 Å². The summed E-state index contributed by atoms with van der Waals surface area (Å²) >= 11 is 0. The summed E-state index contributed by atoms with van der Waals surface area (Å²) in [6, 6.07) is 16.2. The van der Waals surface area contributed by atoms with Gasteiger partial charge in [0.05, 0.1) is 12.1 Å². The molecule has 1 aliphatic rings. The Morgan fingerprint density at radius 2 is 1.77 bits per heavy atom. The second-order valence-corrected chi connectivity index (χ2v) is 7.02. The molecule has 2 atom stereocenters. The van der Waals surface area contributed by atoms with Crippen molar-refractivity contribution in [3.8, 4) is 0 Å². The van der Waals surface area contributed by atoms with Crippen molar-refractivity contribution in [2.24, 2.45) is 7.05 Å². The van der Waals surface area contributed by atoms with Crippen molar-refractivity contribution in [1.82, 2.24) is 20.2 Å². The van der Waals surface area contributed by atoms with Gasteiger partial charge >= 0.3 is 6.03 Å². The van der Waals surface area contributed by atoms with Crippen molar-refractivity contribution in [3.63, 3.8) is 0 Å². The molecule has 152 valence electrons. The monoisotopic (exact) mass is 403 g/mol. The fourth-order valence-electron chi connectivity index (χ4n) is 3.49. The van der Waals surface area contributed by atoms with Crippen molar-refractivity contribution in [1.29, 1.82) is 0 Å². The van der Waals surface area contributed by atoms with Crippen molar-refractivity contribution >= 4 is 23.5 Å². The maximum atomic E-state index is 12.8. The number of para-hydroxylation sites is 1. The van der Waals surface area contributed by atoms with Gasteiger partial charge in [0.1, 0.15) is 17.9 Å². The molecule has 2 N–H and O–H groups in total. The molecule has 2 heterocycles. The van der Waals surface area contributed by atoms with Gasteiger partial charge in [-0.05, 0) is 17.7 Å². The van der Waals surface area contributed by atoms with Gasteiger partial charge < -0.3 is 15.2 Å². The highest BCUT2D eigenvalue weighted by molar-refractivity contribution is 6.22. The number of aryl methyl sites for hydroxylation is 1. The summed E-state index contributed by atoms with van der Waals surface area (Å²) in [6.45, 7) is 0. The van der Waals surface area contributed by atoms with E-state index in [-0.39, 0.29) is 12.3 Å². The van der Waals surface area contributed by atoms with E-state index in [0.29, 0.717) is 11.5 Å². The molecule has 1 aromatic heterocycles. The summed E-state index contributed by atoms with van der Waals surface area (Å²) in [5.41, 5.74) is 1.34. The van der Waals surface area contributed by atoms with Crippen LogP contribution in [0, 0.1) is 0 Å². The molecular formula is C22H21N5O3. The summed E-state index contributed by atoms with van der Waals surface area (Å²) in [7, 11) is 1.85. The Morgan fingerprint density at radius 3 is 2.40 bits per heavy atom. The lowest BCUT2D eigenvalue weighted by atomic mass is 10.1. The van der Waals surface area contributed by atoms with Gasteiger partial charge in [-0.2, -0.15) is 0 Å². The lowest BCUT2D eigenvalue weighted by Gasteiger charge is -2.20. The van der Waals surface area contributed by atoms with E-state index in [4.69, 9.17) is 0 Å². The van der Waals surface area contributed by atoms with Crippen LogP contribution < -0.4 is 15.5 Å². The van der Waals surface area contributed by atoms with Crippen molar-refractivity contribution in [2.75, 3.05) is 4.90 Å². The van der Waals surface area contributed by atoms with Crippen LogP contribution in [0.5, 0.6) is 0 Å². The molecule has 0 radical (unpaired) electrons. The normalized spacial score (nSPS) is 17.0. The minimum Gasteiger partial charge on any atom is -0.342 e. The second kappa shape index (κ2) is 8.20. The van der Waals surface area contributed by atoms with E-state index in [1.54, 1.807) is 42.7 Å². The van der Waals surface area contributed by atoms with E-state index in [1.807, 2.05) is 41.9 Å². The number of amides is 4. The minimum absolute atomic E-state index is 0.165. The van der Waals surface area contributed by atoms with E-state index < -0.39 is 24.0 Å². The fourth-order valence-corrected chi connectivity index (χ4v) is 3.49. The number of benzene rings is 2. The van der Waals surface area contributed by atoms with Crippen LogP contribution in [0.25, 0.3) is 0 Å². The van der Waals surface area contributed by atoms with Crippen LogP contribution in [0.1, 0.15) is 23.9 Å². The highest BCUT2D eigenvalue weighted by Gasteiger charge is 2.40. The number of nitrogens with zero attached hydrogens (tertiary/aromatic N) is 3. The molecule has 4 amide bonds. The molecule has 0 bridgehead atoms. The number of hydrogen-bond donors (Lipinski definition) is 2. The number of imide groups is 1. The molecule has 1 saturated heterocycles. The maximum Gasteiger partial charge on any atom is 0.329 e. The van der Waals surface area contributed by atoms with Crippen LogP contribution in [-0.4, -0.2) is 33.4 Å². The topological polar surface area (TPSA) is 96.3 Å². The summed E-state index contributed by atoms with van der Waals surface area (Å²) in [5.74, 6) is -0.141. The van der Waals surface area contributed by atoms with Gasteiger partial charge in [-0.1, -0.05) is 48.5 Å². The molecule has 2 aromatic carbocycles. The van der Waals surface area contributed by atoms with E-state index in [9.17, 15) is 14.4 Å². The molecule has 0 spiro atoms. The SMILES string of the molecule is Cn1ccnc1[C@@H](NC(=O)C[C@@H]1NC(=O)N(c2ccccc2)C1=O)c1ccccc1. The van der Waals surface area contributed by atoms with Crippen LogP contribution in [0.4, 0.5) is 10.5 Å². The van der Waals surface area contributed by atoms with Crippen LogP contribution in [0.3, 0.4) is 0 Å². The summed E-state index contributed by atoms with van der Waals surface area (Å²) < 4.78 is 1.83. The number of rotatable bonds is 6. The first-order chi connectivity index (χ1) is 14.5. The van der Waals surface area contributed by atoms with Crippen molar-refractivity contribution < 1.29 is 14.4 Å². The van der Waals surface area contributed by atoms with E-state index in [1.165, 1.54) is 0 Å². The lowest BCUT2D eigenvalue weighted by molar-refractivity contribution is -0.126. The third-order valence-electron chi connectivity index (χ3n) is 4.98. The van der Waals surface area contributed by atoms with Gasteiger partial charge in [-0.15, -0.1) is 0 Å². The lowest BCUT2D eigenvalue weighted by Crippen LogP contribution is -2.38. The molecule has 8 nitrogen and oxygen atoms in total. The number of anilines is 1. The number of aromatic nitrogens is 2. The van der Waals surface area contributed by atoms with Gasteiger partial charge in [0.15, 0.2) is 0 Å². The largest absolute Gasteiger partial charge is 0.342 e. The zero-order valence-electron chi connectivity index (χ0n) is 16.4. The van der Waals surface area contributed by atoms with E-state index >= 15 is 0 Å². The van der Waals surface area contributed by atoms with Crippen molar-refractivity contribution in [2.45, 2.75) is 18.5 Å². The number of nitrogens with one attached hydrogen (secondary N) is 2. The van der Waals surface area contributed by atoms with Gasteiger partial charge in [0.2, 0.25) is 5.91 Å². The molecule has 1 fully saturated rings. The number of imidazole rings is 1. The number of hydrogen-bond acceptors (Lipinski definition) is 4. The van der Waals surface area contributed by atoms with E-state index in [2.05, 4.69) is 15.6 Å². The van der Waals surface area contributed by atoms with Crippen molar-refractivity contribution in [3.05, 3.63) is 84.4 Å². The van der Waals surface area contributed by atoms with Crippen LogP contribution in [-0.2, 0) is 16.6 Å². The zero-order valence-corrected chi connectivity index (χ0v) is 16.4. The predicted octanol–water partition coefficient (Wildman–Crippen LogP) is 2.14. The third kappa shape index (κ3) is 3.80. The van der Waals surface area contributed by atoms with Gasteiger partial charge in [-0.25, -0.2) is 14.7 Å². The number of carbonyl (C=O) groups is 3.